The van der Waals surface area contributed by atoms with Crippen LogP contribution >= 0.6 is 11.3 Å². The number of fused-ring (bicyclic) bond motifs is 2. The van der Waals surface area contributed by atoms with Gasteiger partial charge in [-0.3, -0.25) is 4.79 Å². The molecule has 0 spiro atoms. The van der Waals surface area contributed by atoms with Crippen molar-refractivity contribution in [1.82, 2.24) is 9.97 Å². The van der Waals surface area contributed by atoms with Gasteiger partial charge in [0.2, 0.25) is 0 Å². The molecule has 0 bridgehead atoms. The van der Waals surface area contributed by atoms with E-state index < -0.39 is 0 Å². The average molecular weight is 344 g/mol. The van der Waals surface area contributed by atoms with Crippen LogP contribution in [0.2, 0.25) is 0 Å². The summed E-state index contributed by atoms with van der Waals surface area (Å²) in [6, 6.07) is 6.69. The van der Waals surface area contributed by atoms with Crippen molar-refractivity contribution in [2.75, 3.05) is 29.9 Å². The largest absolute Gasteiger partial charge is 0.373 e. The Morgan fingerprint density at radius 3 is 3.04 bits per heavy atom. The maximum atomic E-state index is 13.8. The van der Waals surface area contributed by atoms with Crippen molar-refractivity contribution >= 4 is 32.9 Å². The second kappa shape index (κ2) is 5.90. The number of aromatic nitrogens is 2. The number of anilines is 2. The van der Waals surface area contributed by atoms with Gasteiger partial charge < -0.3 is 14.8 Å². The van der Waals surface area contributed by atoms with Crippen LogP contribution in [-0.4, -0.2) is 30.1 Å². The van der Waals surface area contributed by atoms with E-state index in [0.717, 1.165) is 30.9 Å². The molecule has 0 radical (unpaired) electrons. The number of benzene rings is 1. The van der Waals surface area contributed by atoms with Crippen LogP contribution in [-0.2, 0) is 6.54 Å². The summed E-state index contributed by atoms with van der Waals surface area (Å²) in [5.74, 6) is 0.342. The van der Waals surface area contributed by atoms with Crippen molar-refractivity contribution in [2.24, 2.45) is 0 Å². The van der Waals surface area contributed by atoms with Crippen molar-refractivity contribution in [2.45, 2.75) is 13.0 Å². The third-order valence-corrected chi connectivity index (χ3v) is 5.22. The molecule has 0 aliphatic carbocycles. The Kier molecular flexibility index (Phi) is 3.72. The molecule has 0 unspecified atom stereocenters. The Balaban J connectivity index is 1.74. The quantitative estimate of drug-likeness (QED) is 0.777. The molecule has 2 aromatic heterocycles. The lowest BCUT2D eigenvalue weighted by molar-refractivity contribution is 0.626. The molecule has 1 aliphatic heterocycles. The standard InChI is InChI=1S/C17H17FN4OS/c1-21-6-2-7-22(14-9-11(18)3-4-13(14)21)10-15-19-12-5-8-24-16(12)17(23)20-15/h3-5,8-9H,2,6-7,10H2,1H3,(H,19,20,23). The van der Waals surface area contributed by atoms with Crippen molar-refractivity contribution in [3.8, 4) is 0 Å². The number of hydrogen-bond donors (Lipinski definition) is 1. The highest BCUT2D eigenvalue weighted by atomic mass is 32.1. The Labute approximate surface area is 142 Å². The van der Waals surface area contributed by atoms with E-state index in [2.05, 4.69) is 19.8 Å². The minimum Gasteiger partial charge on any atom is -0.373 e. The molecular weight excluding hydrogens is 327 g/mol. The molecular formula is C17H17FN4OS. The summed E-state index contributed by atoms with van der Waals surface area (Å²) in [7, 11) is 2.01. The molecule has 124 valence electrons. The zero-order valence-electron chi connectivity index (χ0n) is 13.3. The van der Waals surface area contributed by atoms with E-state index in [1.54, 1.807) is 12.1 Å². The molecule has 24 heavy (non-hydrogen) atoms. The maximum Gasteiger partial charge on any atom is 0.268 e. The fourth-order valence-electron chi connectivity index (χ4n) is 3.15. The third-order valence-electron chi connectivity index (χ3n) is 4.32. The van der Waals surface area contributed by atoms with Crippen molar-refractivity contribution in [3.05, 3.63) is 51.6 Å². The van der Waals surface area contributed by atoms with Crippen LogP contribution in [0.4, 0.5) is 15.8 Å². The van der Waals surface area contributed by atoms with Crippen LogP contribution in [0.1, 0.15) is 12.2 Å². The lowest BCUT2D eigenvalue weighted by Crippen LogP contribution is -2.26. The van der Waals surface area contributed by atoms with E-state index in [0.29, 0.717) is 22.6 Å². The number of nitrogens with one attached hydrogen (secondary N) is 1. The molecule has 3 aromatic rings. The smallest absolute Gasteiger partial charge is 0.268 e. The normalized spacial score (nSPS) is 14.8. The molecule has 0 atom stereocenters. The molecule has 3 heterocycles. The fourth-order valence-corrected chi connectivity index (χ4v) is 3.88. The highest BCUT2D eigenvalue weighted by Crippen LogP contribution is 2.33. The Hall–Kier alpha value is -2.41. The summed E-state index contributed by atoms with van der Waals surface area (Å²) in [4.78, 5) is 23.8. The molecule has 5 nitrogen and oxygen atoms in total. The van der Waals surface area contributed by atoms with Crippen molar-refractivity contribution in [1.29, 1.82) is 0 Å². The van der Waals surface area contributed by atoms with Gasteiger partial charge in [0.05, 0.1) is 23.4 Å². The Morgan fingerprint density at radius 2 is 2.17 bits per heavy atom. The first-order valence-electron chi connectivity index (χ1n) is 7.84. The number of aromatic amines is 1. The first-order valence-corrected chi connectivity index (χ1v) is 8.72. The molecule has 0 saturated carbocycles. The number of hydrogen-bond acceptors (Lipinski definition) is 5. The highest BCUT2D eigenvalue weighted by Gasteiger charge is 2.20. The first-order chi connectivity index (χ1) is 11.6. The molecule has 1 aromatic carbocycles. The summed E-state index contributed by atoms with van der Waals surface area (Å²) >= 11 is 1.39. The molecule has 0 saturated heterocycles. The van der Waals surface area contributed by atoms with Gasteiger partial charge in [-0.1, -0.05) is 0 Å². The van der Waals surface area contributed by atoms with E-state index in [9.17, 15) is 9.18 Å². The van der Waals surface area contributed by atoms with E-state index in [1.165, 1.54) is 17.4 Å². The predicted molar refractivity (Wildman–Crippen MR) is 95.6 cm³/mol. The van der Waals surface area contributed by atoms with Gasteiger partial charge >= 0.3 is 0 Å². The zero-order valence-corrected chi connectivity index (χ0v) is 14.1. The van der Waals surface area contributed by atoms with Crippen LogP contribution in [0.3, 0.4) is 0 Å². The lowest BCUT2D eigenvalue weighted by atomic mass is 10.2. The van der Waals surface area contributed by atoms with Gasteiger partial charge in [0.25, 0.3) is 5.56 Å². The SMILES string of the molecule is CN1CCCN(Cc2nc3ccsc3c(=O)[nH]2)c2cc(F)ccc21. The molecule has 7 heteroatoms. The van der Waals surface area contributed by atoms with Crippen molar-refractivity contribution < 1.29 is 4.39 Å². The maximum absolute atomic E-state index is 13.8. The Bertz CT molecular complexity index is 951. The summed E-state index contributed by atoms with van der Waals surface area (Å²) < 4.78 is 14.4. The van der Waals surface area contributed by atoms with Crippen LogP contribution in [0.5, 0.6) is 0 Å². The second-order valence-corrected chi connectivity index (χ2v) is 6.89. The predicted octanol–water partition coefficient (Wildman–Crippen LogP) is 2.97. The monoisotopic (exact) mass is 344 g/mol. The fraction of sp³-hybridized carbons (Fsp3) is 0.294. The van der Waals surface area contributed by atoms with Gasteiger partial charge in [0.15, 0.2) is 0 Å². The van der Waals surface area contributed by atoms with E-state index in [4.69, 9.17) is 0 Å². The van der Waals surface area contributed by atoms with Gasteiger partial charge in [-0.25, -0.2) is 9.37 Å². The van der Waals surface area contributed by atoms with E-state index >= 15 is 0 Å². The van der Waals surface area contributed by atoms with Crippen molar-refractivity contribution in [3.63, 3.8) is 0 Å². The summed E-state index contributed by atoms with van der Waals surface area (Å²) in [5, 5.41) is 1.86. The molecule has 1 N–H and O–H groups in total. The van der Waals surface area contributed by atoms with Gasteiger partial charge in [0, 0.05) is 20.1 Å². The molecule has 4 rings (SSSR count). The van der Waals surface area contributed by atoms with E-state index in [1.807, 2.05) is 18.5 Å². The molecule has 1 aliphatic rings. The zero-order chi connectivity index (χ0) is 16.7. The highest BCUT2D eigenvalue weighted by molar-refractivity contribution is 7.17. The van der Waals surface area contributed by atoms with Gasteiger partial charge in [0.1, 0.15) is 16.3 Å². The minimum absolute atomic E-state index is 0.114. The van der Waals surface area contributed by atoms with Gasteiger partial charge in [-0.05, 0) is 36.1 Å². The van der Waals surface area contributed by atoms with Gasteiger partial charge in [-0.2, -0.15) is 0 Å². The van der Waals surface area contributed by atoms with Crippen LogP contribution in [0, 0.1) is 5.82 Å². The van der Waals surface area contributed by atoms with E-state index in [-0.39, 0.29) is 11.4 Å². The van der Waals surface area contributed by atoms with Crippen LogP contribution < -0.4 is 15.4 Å². The number of nitrogens with zero attached hydrogens (tertiary/aromatic N) is 3. The number of rotatable bonds is 2. The Morgan fingerprint density at radius 1 is 1.29 bits per heavy atom. The van der Waals surface area contributed by atoms with Crippen LogP contribution in [0.25, 0.3) is 10.2 Å². The lowest BCUT2D eigenvalue weighted by Gasteiger charge is -2.25. The number of thiophene rings is 1. The topological polar surface area (TPSA) is 52.2 Å². The summed E-state index contributed by atoms with van der Waals surface area (Å²) in [6.07, 6.45) is 0.956. The van der Waals surface area contributed by atoms with Gasteiger partial charge in [-0.15, -0.1) is 11.3 Å². The minimum atomic E-state index is -0.260. The molecule has 0 fully saturated rings. The number of H-pyrrole nitrogens is 1. The first kappa shape index (κ1) is 15.1. The average Bonchev–Trinajstić information content (AvgIpc) is 2.97. The molecule has 0 amide bonds. The summed E-state index contributed by atoms with van der Waals surface area (Å²) in [5.41, 5.74) is 2.43. The second-order valence-electron chi connectivity index (χ2n) is 5.98. The third kappa shape index (κ3) is 2.65. The van der Waals surface area contributed by atoms with Crippen LogP contribution in [0.15, 0.2) is 34.4 Å². The number of halogens is 1. The summed E-state index contributed by atoms with van der Waals surface area (Å²) in [6.45, 7) is 2.14.